The molecule has 1 aromatic heterocycles. The van der Waals surface area contributed by atoms with Gasteiger partial charge in [-0.15, -0.1) is 0 Å². The van der Waals surface area contributed by atoms with Crippen molar-refractivity contribution in [1.29, 1.82) is 0 Å². The number of benzene rings is 3. The Balaban J connectivity index is 1.90. The highest BCUT2D eigenvalue weighted by atomic mass is 35.5. The van der Waals surface area contributed by atoms with E-state index in [1.165, 1.54) is 11.1 Å². The highest BCUT2D eigenvalue weighted by molar-refractivity contribution is 6.31. The van der Waals surface area contributed by atoms with Crippen molar-refractivity contribution < 1.29 is 0 Å². The standard InChI is InChI=1S/C22H16ClN/c23-19-11-12-21-20(15-19)18(13-16-7-3-1-4-8-16)14-22(24-21)17-9-5-2-6-10-17/h1-12,14-15H,13H2. The fraction of sp³-hybridized carbons (Fsp3) is 0.0455. The average molecular weight is 330 g/mol. The molecule has 0 aliphatic rings. The van der Waals surface area contributed by atoms with Crippen LogP contribution in [0.2, 0.25) is 5.02 Å². The Kier molecular flexibility index (Phi) is 4.02. The molecule has 4 aromatic rings. The lowest BCUT2D eigenvalue weighted by atomic mass is 9.98. The van der Waals surface area contributed by atoms with Crippen molar-refractivity contribution in [3.8, 4) is 11.3 Å². The highest BCUT2D eigenvalue weighted by Crippen LogP contribution is 2.28. The van der Waals surface area contributed by atoms with E-state index in [4.69, 9.17) is 16.6 Å². The van der Waals surface area contributed by atoms with Crippen LogP contribution in [0.1, 0.15) is 11.1 Å². The molecule has 0 saturated carbocycles. The van der Waals surface area contributed by atoms with E-state index in [2.05, 4.69) is 42.5 Å². The highest BCUT2D eigenvalue weighted by Gasteiger charge is 2.09. The monoisotopic (exact) mass is 329 g/mol. The van der Waals surface area contributed by atoms with Crippen LogP contribution in [0, 0.1) is 0 Å². The number of hydrogen-bond acceptors (Lipinski definition) is 1. The van der Waals surface area contributed by atoms with Crippen molar-refractivity contribution >= 4 is 22.5 Å². The summed E-state index contributed by atoms with van der Waals surface area (Å²) in [6.45, 7) is 0. The Morgan fingerprint density at radius 1 is 0.750 bits per heavy atom. The summed E-state index contributed by atoms with van der Waals surface area (Å²) in [6, 6.07) is 28.9. The summed E-state index contributed by atoms with van der Waals surface area (Å²) in [7, 11) is 0. The molecule has 0 spiro atoms. The number of aromatic nitrogens is 1. The van der Waals surface area contributed by atoms with Crippen molar-refractivity contribution in [2.45, 2.75) is 6.42 Å². The molecule has 1 nitrogen and oxygen atoms in total. The topological polar surface area (TPSA) is 12.9 Å². The van der Waals surface area contributed by atoms with Crippen LogP contribution >= 0.6 is 11.6 Å². The van der Waals surface area contributed by atoms with Crippen molar-refractivity contribution in [3.05, 3.63) is 101 Å². The maximum absolute atomic E-state index is 6.22. The zero-order valence-corrected chi connectivity index (χ0v) is 13.9. The molecule has 0 aliphatic carbocycles. The van der Waals surface area contributed by atoms with Crippen LogP contribution < -0.4 is 0 Å². The van der Waals surface area contributed by atoms with Crippen LogP contribution in [-0.2, 0) is 6.42 Å². The molecule has 1 heterocycles. The van der Waals surface area contributed by atoms with Crippen LogP contribution in [-0.4, -0.2) is 4.98 Å². The van der Waals surface area contributed by atoms with E-state index < -0.39 is 0 Å². The van der Waals surface area contributed by atoms with Crippen molar-refractivity contribution in [3.63, 3.8) is 0 Å². The zero-order chi connectivity index (χ0) is 16.4. The van der Waals surface area contributed by atoms with Crippen molar-refractivity contribution in [2.75, 3.05) is 0 Å². The van der Waals surface area contributed by atoms with Gasteiger partial charge in [0.2, 0.25) is 0 Å². The lowest BCUT2D eigenvalue weighted by molar-refractivity contribution is 1.20. The third kappa shape index (κ3) is 3.04. The number of pyridine rings is 1. The number of halogens is 1. The van der Waals surface area contributed by atoms with Gasteiger partial charge in [-0.1, -0.05) is 72.3 Å². The molecule has 0 radical (unpaired) electrons. The first-order chi connectivity index (χ1) is 11.8. The fourth-order valence-electron chi connectivity index (χ4n) is 2.99. The van der Waals surface area contributed by atoms with Crippen LogP contribution in [0.15, 0.2) is 84.9 Å². The van der Waals surface area contributed by atoms with Gasteiger partial charge in [-0.25, -0.2) is 4.98 Å². The van der Waals surface area contributed by atoms with E-state index in [9.17, 15) is 0 Å². The fourth-order valence-corrected chi connectivity index (χ4v) is 3.16. The Bertz CT molecular complexity index is 979. The lowest BCUT2D eigenvalue weighted by Crippen LogP contribution is -1.94. The number of rotatable bonds is 3. The molecular formula is C22H16ClN. The second kappa shape index (κ2) is 6.46. The normalized spacial score (nSPS) is 10.9. The van der Waals surface area contributed by atoms with E-state index in [0.717, 1.165) is 33.6 Å². The first-order valence-corrected chi connectivity index (χ1v) is 8.36. The minimum absolute atomic E-state index is 0.742. The summed E-state index contributed by atoms with van der Waals surface area (Å²) in [6.07, 6.45) is 0.861. The lowest BCUT2D eigenvalue weighted by Gasteiger charge is -2.11. The molecule has 0 saturated heterocycles. The second-order valence-electron chi connectivity index (χ2n) is 5.86. The van der Waals surface area contributed by atoms with E-state index in [1.54, 1.807) is 0 Å². The zero-order valence-electron chi connectivity index (χ0n) is 13.1. The maximum Gasteiger partial charge on any atom is 0.0713 e. The third-order valence-electron chi connectivity index (χ3n) is 4.16. The van der Waals surface area contributed by atoms with Gasteiger partial charge in [0.05, 0.1) is 11.2 Å². The molecule has 0 aliphatic heterocycles. The molecule has 116 valence electrons. The van der Waals surface area contributed by atoms with E-state index in [-0.39, 0.29) is 0 Å². The molecule has 0 bridgehead atoms. The Labute approximate surface area is 146 Å². The van der Waals surface area contributed by atoms with Crippen molar-refractivity contribution in [1.82, 2.24) is 4.98 Å². The Hall–Kier alpha value is -2.64. The molecule has 4 rings (SSSR count). The van der Waals surface area contributed by atoms with Crippen LogP contribution in [0.4, 0.5) is 0 Å². The smallest absolute Gasteiger partial charge is 0.0713 e. The summed E-state index contributed by atoms with van der Waals surface area (Å²) in [4.78, 5) is 4.83. The molecule has 3 aromatic carbocycles. The van der Waals surface area contributed by atoms with Gasteiger partial charge in [0.25, 0.3) is 0 Å². The van der Waals surface area contributed by atoms with Gasteiger partial charge in [-0.2, -0.15) is 0 Å². The summed E-state index contributed by atoms with van der Waals surface area (Å²) in [5.41, 5.74) is 5.63. The minimum atomic E-state index is 0.742. The van der Waals surface area contributed by atoms with Gasteiger partial charge < -0.3 is 0 Å². The maximum atomic E-state index is 6.22. The first kappa shape index (κ1) is 14.9. The number of hydrogen-bond donors (Lipinski definition) is 0. The summed E-state index contributed by atoms with van der Waals surface area (Å²) in [5, 5.41) is 1.86. The molecule has 0 atom stereocenters. The van der Waals surface area contributed by atoms with Gasteiger partial charge >= 0.3 is 0 Å². The first-order valence-electron chi connectivity index (χ1n) is 7.98. The van der Waals surface area contributed by atoms with Crippen LogP contribution in [0.5, 0.6) is 0 Å². The largest absolute Gasteiger partial charge is 0.248 e. The number of nitrogens with zero attached hydrogens (tertiary/aromatic N) is 1. The van der Waals surface area contributed by atoms with Crippen LogP contribution in [0.25, 0.3) is 22.2 Å². The minimum Gasteiger partial charge on any atom is -0.248 e. The van der Waals surface area contributed by atoms with Gasteiger partial charge in [0, 0.05) is 16.0 Å². The Morgan fingerprint density at radius 2 is 1.46 bits per heavy atom. The molecule has 0 N–H and O–H groups in total. The predicted molar refractivity (Wildman–Crippen MR) is 101 cm³/mol. The Morgan fingerprint density at radius 3 is 2.21 bits per heavy atom. The molecule has 0 fully saturated rings. The van der Waals surface area contributed by atoms with Gasteiger partial charge in [-0.05, 0) is 41.8 Å². The summed E-state index contributed by atoms with van der Waals surface area (Å²) >= 11 is 6.22. The molecule has 24 heavy (non-hydrogen) atoms. The van der Waals surface area contributed by atoms with E-state index >= 15 is 0 Å². The van der Waals surface area contributed by atoms with Crippen LogP contribution in [0.3, 0.4) is 0 Å². The summed E-state index contributed by atoms with van der Waals surface area (Å²) in [5.74, 6) is 0. The quantitative estimate of drug-likeness (QED) is 0.439. The third-order valence-corrected chi connectivity index (χ3v) is 4.40. The molecule has 0 amide bonds. The second-order valence-corrected chi connectivity index (χ2v) is 6.29. The predicted octanol–water partition coefficient (Wildman–Crippen LogP) is 6.15. The van der Waals surface area contributed by atoms with E-state index in [0.29, 0.717) is 0 Å². The van der Waals surface area contributed by atoms with Gasteiger partial charge in [0.1, 0.15) is 0 Å². The van der Waals surface area contributed by atoms with Crippen molar-refractivity contribution in [2.24, 2.45) is 0 Å². The SMILES string of the molecule is Clc1ccc2nc(-c3ccccc3)cc(Cc3ccccc3)c2c1. The molecule has 0 unspecified atom stereocenters. The number of fused-ring (bicyclic) bond motifs is 1. The van der Waals surface area contributed by atoms with Gasteiger partial charge in [0.15, 0.2) is 0 Å². The summed E-state index contributed by atoms with van der Waals surface area (Å²) < 4.78 is 0. The van der Waals surface area contributed by atoms with Gasteiger partial charge in [-0.3, -0.25) is 0 Å². The molecular weight excluding hydrogens is 314 g/mol. The molecule has 2 heteroatoms. The average Bonchev–Trinajstić information content (AvgIpc) is 2.63. The van der Waals surface area contributed by atoms with E-state index in [1.807, 2.05) is 42.5 Å².